The maximum absolute atomic E-state index is 8.83. The summed E-state index contributed by atoms with van der Waals surface area (Å²) in [5, 5.41) is 15.5. The lowest BCUT2D eigenvalue weighted by atomic mass is 10.2. The largest absolute Gasteiger partial charge is 0.431 e. The lowest BCUT2D eigenvalue weighted by Gasteiger charge is -2.05. The van der Waals surface area contributed by atoms with Crippen LogP contribution >= 0.6 is 11.3 Å². The number of hydrogen-bond donors (Lipinski definition) is 1. The highest BCUT2D eigenvalue weighted by Crippen LogP contribution is 2.25. The number of nitrogens with zero attached hydrogens (tertiary/aromatic N) is 4. The van der Waals surface area contributed by atoms with Gasteiger partial charge in [-0.25, -0.2) is 9.97 Å². The van der Waals surface area contributed by atoms with Crippen LogP contribution in [0.1, 0.15) is 17.7 Å². The predicted molar refractivity (Wildman–Crippen MR) is 113 cm³/mol. The molecule has 0 aliphatic rings. The van der Waals surface area contributed by atoms with Crippen molar-refractivity contribution in [3.63, 3.8) is 0 Å². The Morgan fingerprint density at radius 2 is 1.93 bits per heavy atom. The second-order valence-electron chi connectivity index (χ2n) is 5.95. The van der Waals surface area contributed by atoms with Crippen molar-refractivity contribution in [1.82, 2.24) is 15.0 Å². The van der Waals surface area contributed by atoms with Crippen molar-refractivity contribution in [3.05, 3.63) is 71.5 Å². The molecule has 0 saturated heterocycles. The van der Waals surface area contributed by atoms with E-state index >= 15 is 0 Å². The summed E-state index contributed by atoms with van der Waals surface area (Å²) in [6, 6.07) is 16.9. The molecule has 140 valence electrons. The van der Waals surface area contributed by atoms with Gasteiger partial charge in [-0.05, 0) is 42.3 Å². The SMILES string of the molecule is N#Cc1ccc(Oc2nc(C#CCCNc3ncnc4ccccc34)cs2)cc1. The number of thiazole rings is 1. The van der Waals surface area contributed by atoms with Crippen molar-refractivity contribution in [1.29, 1.82) is 5.26 Å². The van der Waals surface area contributed by atoms with Gasteiger partial charge in [0.25, 0.3) is 5.19 Å². The Balaban J connectivity index is 1.31. The van der Waals surface area contributed by atoms with Crippen LogP contribution in [0, 0.1) is 23.2 Å². The fourth-order valence-electron chi connectivity index (χ4n) is 2.60. The number of benzene rings is 2. The summed E-state index contributed by atoms with van der Waals surface area (Å²) in [4.78, 5) is 12.9. The molecule has 0 aliphatic heterocycles. The molecule has 4 aromatic rings. The lowest BCUT2D eigenvalue weighted by Crippen LogP contribution is -2.03. The van der Waals surface area contributed by atoms with Crippen LogP contribution in [0.3, 0.4) is 0 Å². The summed E-state index contributed by atoms with van der Waals surface area (Å²) in [7, 11) is 0. The van der Waals surface area contributed by atoms with Crippen molar-refractivity contribution >= 4 is 28.1 Å². The highest BCUT2D eigenvalue weighted by atomic mass is 32.1. The first-order chi connectivity index (χ1) is 14.3. The van der Waals surface area contributed by atoms with E-state index in [-0.39, 0.29) is 0 Å². The molecule has 4 rings (SSSR count). The van der Waals surface area contributed by atoms with Gasteiger partial charge in [-0.1, -0.05) is 29.4 Å². The van der Waals surface area contributed by atoms with Crippen LogP contribution in [0.4, 0.5) is 5.82 Å². The fourth-order valence-corrected chi connectivity index (χ4v) is 3.22. The van der Waals surface area contributed by atoms with Gasteiger partial charge in [0, 0.05) is 23.7 Å². The first-order valence-electron chi connectivity index (χ1n) is 8.88. The molecule has 0 saturated carbocycles. The van der Waals surface area contributed by atoms with Gasteiger partial charge >= 0.3 is 0 Å². The van der Waals surface area contributed by atoms with E-state index in [4.69, 9.17) is 10.00 Å². The van der Waals surface area contributed by atoms with E-state index in [0.29, 0.717) is 35.2 Å². The summed E-state index contributed by atoms with van der Waals surface area (Å²) in [6.45, 7) is 0.673. The Kier molecular flexibility index (Phi) is 5.61. The summed E-state index contributed by atoms with van der Waals surface area (Å²) in [5.74, 6) is 7.60. The van der Waals surface area contributed by atoms with Crippen molar-refractivity contribution in [2.24, 2.45) is 0 Å². The highest BCUT2D eigenvalue weighted by molar-refractivity contribution is 7.11. The van der Waals surface area contributed by atoms with Crippen LogP contribution in [-0.4, -0.2) is 21.5 Å². The summed E-state index contributed by atoms with van der Waals surface area (Å²) < 4.78 is 5.69. The second-order valence-corrected chi connectivity index (χ2v) is 6.78. The average molecular weight is 397 g/mol. The third-order valence-corrected chi connectivity index (χ3v) is 4.69. The third kappa shape index (κ3) is 4.67. The van der Waals surface area contributed by atoms with E-state index in [1.165, 1.54) is 11.3 Å². The molecule has 0 fully saturated rings. The number of hydrogen-bond acceptors (Lipinski definition) is 7. The number of fused-ring (bicyclic) bond motifs is 1. The summed E-state index contributed by atoms with van der Waals surface area (Å²) in [6.07, 6.45) is 2.21. The Labute approximate surface area is 171 Å². The second kappa shape index (κ2) is 8.83. The molecule has 2 aromatic carbocycles. The van der Waals surface area contributed by atoms with E-state index in [9.17, 15) is 0 Å². The minimum Gasteiger partial charge on any atom is -0.431 e. The monoisotopic (exact) mass is 397 g/mol. The molecule has 0 aliphatic carbocycles. The van der Waals surface area contributed by atoms with Crippen molar-refractivity contribution < 1.29 is 4.74 Å². The first kappa shape index (κ1) is 18.4. The zero-order chi connectivity index (χ0) is 19.9. The fraction of sp³-hybridized carbons (Fsp3) is 0.0909. The Morgan fingerprint density at radius 1 is 1.07 bits per heavy atom. The Bertz CT molecular complexity index is 1230. The average Bonchev–Trinajstić information content (AvgIpc) is 3.21. The molecule has 0 amide bonds. The molecular weight excluding hydrogens is 382 g/mol. The third-order valence-electron chi connectivity index (χ3n) is 3.97. The number of aromatic nitrogens is 3. The van der Waals surface area contributed by atoms with Crippen LogP contribution in [0.15, 0.2) is 60.2 Å². The number of rotatable bonds is 5. The van der Waals surface area contributed by atoms with Crippen molar-refractivity contribution in [3.8, 4) is 28.9 Å². The van der Waals surface area contributed by atoms with Crippen LogP contribution < -0.4 is 10.1 Å². The van der Waals surface area contributed by atoms with E-state index in [0.717, 1.165) is 16.7 Å². The van der Waals surface area contributed by atoms with Crippen LogP contribution in [0.5, 0.6) is 10.9 Å². The lowest BCUT2D eigenvalue weighted by molar-refractivity contribution is 0.478. The predicted octanol–water partition coefficient (Wildman–Crippen LogP) is 4.60. The molecule has 0 bridgehead atoms. The van der Waals surface area contributed by atoms with Gasteiger partial charge in [0.05, 0.1) is 17.1 Å². The molecule has 0 atom stereocenters. The maximum Gasteiger partial charge on any atom is 0.279 e. The number of nitrogens with one attached hydrogen (secondary N) is 1. The van der Waals surface area contributed by atoms with Crippen molar-refractivity contribution in [2.75, 3.05) is 11.9 Å². The number of para-hydroxylation sites is 1. The summed E-state index contributed by atoms with van der Waals surface area (Å²) in [5.41, 5.74) is 2.17. The van der Waals surface area contributed by atoms with Crippen LogP contribution in [0.25, 0.3) is 10.9 Å². The molecule has 1 N–H and O–H groups in total. The Hall–Kier alpha value is -3.94. The van der Waals surface area contributed by atoms with E-state index in [2.05, 4.69) is 38.2 Å². The molecular formula is C22H15N5OS. The Morgan fingerprint density at radius 3 is 2.79 bits per heavy atom. The maximum atomic E-state index is 8.83. The zero-order valence-corrected chi connectivity index (χ0v) is 16.1. The van der Waals surface area contributed by atoms with Crippen LogP contribution in [-0.2, 0) is 0 Å². The first-order valence-corrected chi connectivity index (χ1v) is 9.76. The quantitative estimate of drug-likeness (QED) is 0.391. The standard InChI is InChI=1S/C22H15N5OS/c23-13-16-8-10-18(11-9-16)28-22-27-17(14-29-22)5-3-4-12-24-21-19-6-1-2-7-20(19)25-15-26-21/h1-2,6-11,14-15H,4,12H2,(H,24,25,26). The molecule has 0 spiro atoms. The number of nitriles is 1. The molecule has 2 heterocycles. The smallest absolute Gasteiger partial charge is 0.279 e. The van der Waals surface area contributed by atoms with E-state index in [1.807, 2.05) is 29.6 Å². The van der Waals surface area contributed by atoms with Gasteiger partial charge in [-0.2, -0.15) is 10.2 Å². The zero-order valence-electron chi connectivity index (χ0n) is 15.3. The normalized spacial score (nSPS) is 10.0. The molecule has 0 unspecified atom stereocenters. The minimum absolute atomic E-state index is 0.518. The number of ether oxygens (including phenoxy) is 1. The van der Waals surface area contributed by atoms with Gasteiger partial charge < -0.3 is 10.1 Å². The van der Waals surface area contributed by atoms with Gasteiger partial charge in [0.15, 0.2) is 0 Å². The topological polar surface area (TPSA) is 83.7 Å². The van der Waals surface area contributed by atoms with E-state index < -0.39 is 0 Å². The molecule has 6 nitrogen and oxygen atoms in total. The van der Waals surface area contributed by atoms with E-state index in [1.54, 1.807) is 30.6 Å². The highest BCUT2D eigenvalue weighted by Gasteiger charge is 2.03. The number of anilines is 1. The van der Waals surface area contributed by atoms with Gasteiger partial charge in [0.2, 0.25) is 0 Å². The minimum atomic E-state index is 0.518. The van der Waals surface area contributed by atoms with Gasteiger partial charge in [-0.3, -0.25) is 0 Å². The molecule has 29 heavy (non-hydrogen) atoms. The van der Waals surface area contributed by atoms with Gasteiger partial charge in [0.1, 0.15) is 23.6 Å². The van der Waals surface area contributed by atoms with Crippen molar-refractivity contribution in [2.45, 2.75) is 6.42 Å². The van der Waals surface area contributed by atoms with Gasteiger partial charge in [-0.15, -0.1) is 0 Å². The van der Waals surface area contributed by atoms with Crippen LogP contribution in [0.2, 0.25) is 0 Å². The summed E-state index contributed by atoms with van der Waals surface area (Å²) >= 11 is 1.38. The molecule has 2 aromatic heterocycles. The molecule has 7 heteroatoms. The molecule has 0 radical (unpaired) electrons.